The van der Waals surface area contributed by atoms with Gasteiger partial charge in [-0.3, -0.25) is 77.3 Å². The van der Waals surface area contributed by atoms with E-state index in [1.807, 2.05) is 0 Å². The molecule has 24 N–H and O–H groups in total. The van der Waals surface area contributed by atoms with E-state index in [-0.39, 0.29) is 125 Å². The number of aromatic nitrogens is 4. The Kier molecular flexibility index (Phi) is 41.4. The van der Waals surface area contributed by atoms with E-state index >= 15 is 28.8 Å². The van der Waals surface area contributed by atoms with Crippen molar-refractivity contribution in [3.05, 3.63) is 132 Å². The first-order valence-corrected chi connectivity index (χ1v) is 43.0. The summed E-state index contributed by atoms with van der Waals surface area (Å²) in [4.78, 5) is 242. The predicted molar refractivity (Wildman–Crippen MR) is 468 cm³/mol. The Morgan fingerprint density at radius 1 is 0.473 bits per heavy atom. The van der Waals surface area contributed by atoms with E-state index in [1.165, 1.54) is 78.5 Å². The van der Waals surface area contributed by atoms with E-state index in [4.69, 9.17) is 11.1 Å². The Morgan fingerprint density at radius 2 is 0.860 bits per heavy atom. The molecule has 0 saturated carbocycles. The molecule has 0 radical (unpaired) electrons. The molecule has 11 unspecified atom stereocenters. The molecule has 15 atom stereocenters. The van der Waals surface area contributed by atoms with Crippen LogP contribution in [0.25, 0.3) is 0 Å². The number of carbonyl (C=O) groups is 16. The van der Waals surface area contributed by atoms with Crippen molar-refractivity contribution in [2.45, 2.75) is 244 Å². The number of aromatic amines is 2. The molecular weight excluding hydrogens is 1680 g/mol. The zero-order valence-corrected chi connectivity index (χ0v) is 74.3. The normalized spacial score (nSPS) is 15.7. The molecule has 42 heteroatoms. The average molecular weight is 1800 g/mol. The number of phenolic OH excluding ortho intramolecular Hbond substituents is 2. The van der Waals surface area contributed by atoms with Crippen LogP contribution in [0.15, 0.2) is 104 Å². The summed E-state index contributed by atoms with van der Waals surface area (Å²) in [5.41, 5.74) is 7.41. The first-order chi connectivity index (χ1) is 61.0. The number of guanidine groups is 1. The largest absolute Gasteiger partial charge is 0.508 e. The Balaban J connectivity index is 1.24. The minimum atomic E-state index is -1.74. The van der Waals surface area contributed by atoms with E-state index in [0.29, 0.717) is 16.7 Å². The van der Waals surface area contributed by atoms with E-state index in [2.05, 4.69) is 94.4 Å². The van der Waals surface area contributed by atoms with Gasteiger partial charge in [-0.2, -0.15) is 0 Å². The number of aliphatic hydroxyl groups is 1. The van der Waals surface area contributed by atoms with E-state index in [0.717, 1.165) is 6.92 Å². The second-order valence-corrected chi connectivity index (χ2v) is 33.6. The van der Waals surface area contributed by atoms with Gasteiger partial charge in [0.2, 0.25) is 82.7 Å². The molecule has 3 heterocycles. The van der Waals surface area contributed by atoms with Gasteiger partial charge in [-0.15, -0.1) is 0 Å². The lowest BCUT2D eigenvalue weighted by Crippen LogP contribution is -2.62. The fourth-order valence-corrected chi connectivity index (χ4v) is 14.3. The quantitative estimate of drug-likeness (QED) is 0.0121. The van der Waals surface area contributed by atoms with Crippen LogP contribution in [0.4, 0.5) is 0 Å². The summed E-state index contributed by atoms with van der Waals surface area (Å²) >= 11 is 0. The summed E-state index contributed by atoms with van der Waals surface area (Å²) in [6.07, 6.45) is 4.01. The molecule has 0 bridgehead atoms. The molecule has 1 fully saturated rings. The third kappa shape index (κ3) is 34.3. The third-order valence-corrected chi connectivity index (χ3v) is 21.4. The van der Waals surface area contributed by atoms with Crippen LogP contribution in [-0.2, 0) is 109 Å². The maximum absolute atomic E-state index is 15.4. The molecule has 0 aliphatic carbocycles. The van der Waals surface area contributed by atoms with E-state index in [9.17, 15) is 73.5 Å². The Hall–Kier alpha value is -13.6. The number of phenols is 2. The number of carboxylic acid groups (broad SMARTS) is 2. The first kappa shape index (κ1) is 104. The summed E-state index contributed by atoms with van der Waals surface area (Å²) in [7, 11) is 0. The smallest absolute Gasteiger partial charge is 0.328 e. The second-order valence-electron chi connectivity index (χ2n) is 33.6. The van der Waals surface area contributed by atoms with Crippen molar-refractivity contribution in [2.75, 3.05) is 19.7 Å². The third-order valence-electron chi connectivity index (χ3n) is 21.4. The Morgan fingerprint density at radius 3 is 1.29 bits per heavy atom. The van der Waals surface area contributed by atoms with Gasteiger partial charge in [0.1, 0.15) is 96.1 Å². The number of hydrogen-bond donors (Lipinski definition) is 23. The van der Waals surface area contributed by atoms with E-state index < -0.39 is 216 Å². The average Bonchev–Trinajstić information content (AvgIpc) is 1.65. The number of nitrogens with zero attached hydrogens (tertiary/aromatic N) is 3. The number of nitrogens with one attached hydrogen (secondary N) is 17. The highest BCUT2D eigenvalue weighted by Gasteiger charge is 2.43. The molecule has 1 aliphatic heterocycles. The highest BCUT2D eigenvalue weighted by Crippen LogP contribution is 2.24. The molecule has 42 nitrogen and oxygen atoms in total. The Labute approximate surface area is 747 Å². The fourth-order valence-electron chi connectivity index (χ4n) is 14.3. The number of carboxylic acids is 2. The van der Waals surface area contributed by atoms with Gasteiger partial charge in [-0.05, 0) is 109 Å². The minimum absolute atomic E-state index is 0.00135. The minimum Gasteiger partial charge on any atom is -0.508 e. The Bertz CT molecular complexity index is 4600. The van der Waals surface area contributed by atoms with Crippen LogP contribution in [0.3, 0.4) is 0 Å². The molecule has 1 saturated heterocycles. The SMILES string of the molecule is CC[C@H](C)C(NC(=O)C(Cc1ccc(O)cc1)NC(=O)C(NC(=O)[C@H](CCCNC(=N)N)NC(=O)[C@H](CC(=O)O)NC(C)=O)C(C)C)C(=O)NC(Cc1c[nH]cn1)C(=O)N1CCC[C@H]1C(=O)NC(Cc1ccccc1)C(=O)NC(Cc1c[nH]cn1)C(=O)NC(CC(C)C)C(=O)NC(CC(C)C)C(=O)NC(C(=O)NC(Cc1ccc(O)cc1)C(=O)NC(CO)C(=O)O)C(C)C. The molecule has 1 aliphatic rings. The van der Waals surface area contributed by atoms with Crippen LogP contribution in [0, 0.1) is 35.0 Å². The zero-order chi connectivity index (χ0) is 95.5. The molecule has 0 spiro atoms. The standard InChI is InChI=1S/C87H125N21O21/c1-12-49(10)72(107-80(122)63(36-53-24-28-57(112)29-25-53)102-82(124)70(47(6)7)105-73(115)58(20-16-30-92-87(88)89)96-78(120)65(39-69(113)114)95-50(11)110)84(126)103-66(38-55-41-91-44-94-55)85(127)108-31-17-21-68(108)81(123)100-61(34-51-18-14-13-15-19-51)75(117)99-64(37-54-40-90-43-93-54)77(119)97-59(32-45(2)3)74(116)98-60(33-46(4)5)79(121)106-71(48(8)9)83(125)101-62(35-52-22-26-56(111)27-23-52)76(118)104-67(42-109)86(128)129/h13-15,18-19,22-29,40-41,43-49,58-68,70-72,109,111-112H,12,16-17,20-21,30-39,42H2,1-11H3,(H,90,93)(H,91,94)(H,95,110)(H,96,120)(H,97,119)(H,98,116)(H,99,117)(H,100,123)(H,101,125)(H,102,124)(H,103,126)(H,104,118)(H,105,115)(H,106,121)(H,107,122)(H,113,114)(H,128,129)(H4,88,89,92)/t49-,58-,59?,60?,61?,62?,63?,64?,65-,66?,67?,68-,70?,71?,72?/m0/s1. The van der Waals surface area contributed by atoms with Crippen molar-refractivity contribution in [3.63, 3.8) is 0 Å². The summed E-state index contributed by atoms with van der Waals surface area (Å²) in [5, 5.41) is 93.5. The second kappa shape index (κ2) is 51.3. The van der Waals surface area contributed by atoms with Crippen molar-refractivity contribution in [1.29, 1.82) is 5.41 Å². The highest BCUT2D eigenvalue weighted by molar-refractivity contribution is 6.01. The maximum atomic E-state index is 15.4. The number of carbonyl (C=O) groups excluding carboxylic acids is 14. The van der Waals surface area contributed by atoms with Gasteiger partial charge in [0.05, 0.1) is 37.1 Å². The van der Waals surface area contributed by atoms with Gasteiger partial charge < -0.3 is 121 Å². The molecule has 129 heavy (non-hydrogen) atoms. The number of H-pyrrole nitrogens is 2. The molecule has 704 valence electrons. The number of rotatable bonds is 52. The summed E-state index contributed by atoms with van der Waals surface area (Å²) in [6.45, 7) is 16.9. The van der Waals surface area contributed by atoms with Crippen LogP contribution in [-0.4, -0.2) is 255 Å². The van der Waals surface area contributed by atoms with Crippen LogP contribution in [0.5, 0.6) is 11.5 Å². The van der Waals surface area contributed by atoms with Crippen LogP contribution >= 0.6 is 0 Å². The zero-order valence-electron chi connectivity index (χ0n) is 74.3. The first-order valence-electron chi connectivity index (χ1n) is 43.0. The maximum Gasteiger partial charge on any atom is 0.328 e. The predicted octanol–water partition coefficient (Wildman–Crippen LogP) is -1.36. The highest BCUT2D eigenvalue weighted by atomic mass is 16.4. The molecule has 14 amide bonds. The fraction of sp³-hybridized carbons (Fsp3) is 0.529. The van der Waals surface area contributed by atoms with Crippen LogP contribution in [0.1, 0.15) is 156 Å². The number of hydrogen-bond acceptors (Lipinski definition) is 22. The van der Waals surface area contributed by atoms with Gasteiger partial charge >= 0.3 is 11.9 Å². The van der Waals surface area contributed by atoms with Gasteiger partial charge in [-0.25, -0.2) is 14.8 Å². The van der Waals surface area contributed by atoms with Crippen molar-refractivity contribution < 1.29 is 102 Å². The monoisotopic (exact) mass is 1800 g/mol. The van der Waals surface area contributed by atoms with Gasteiger partial charge in [0.25, 0.3) is 0 Å². The lowest BCUT2D eigenvalue weighted by molar-refractivity contribution is -0.143. The molecular formula is C87H125N21O21. The van der Waals surface area contributed by atoms with Crippen LogP contribution in [0.2, 0.25) is 0 Å². The van der Waals surface area contributed by atoms with Gasteiger partial charge in [0.15, 0.2) is 5.96 Å². The number of amides is 14. The number of benzene rings is 3. The number of aliphatic hydroxyl groups excluding tert-OH is 1. The van der Waals surface area contributed by atoms with Crippen molar-refractivity contribution in [2.24, 2.45) is 35.3 Å². The summed E-state index contributed by atoms with van der Waals surface area (Å²) in [5.74, 6) is -18.7. The lowest BCUT2D eigenvalue weighted by atomic mass is 9.96. The molecule has 6 rings (SSSR count). The summed E-state index contributed by atoms with van der Waals surface area (Å²) in [6, 6.07) is -0.950. The van der Waals surface area contributed by atoms with Gasteiger partial charge in [-0.1, -0.05) is 130 Å². The topological polar surface area (TPSA) is 653 Å². The lowest BCUT2D eigenvalue weighted by Gasteiger charge is -2.32. The van der Waals surface area contributed by atoms with Crippen molar-refractivity contribution >= 4 is 101 Å². The molecule has 2 aromatic heterocycles. The van der Waals surface area contributed by atoms with E-state index in [1.54, 1.807) is 99.6 Å². The van der Waals surface area contributed by atoms with Crippen LogP contribution < -0.4 is 80.2 Å². The van der Waals surface area contributed by atoms with Crippen molar-refractivity contribution in [3.8, 4) is 11.5 Å². The molecule has 3 aromatic carbocycles. The molecule has 5 aromatic rings. The number of aromatic hydroxyl groups is 2. The van der Waals surface area contributed by atoms with Crippen molar-refractivity contribution in [1.82, 2.24) is 99.3 Å². The number of aliphatic carboxylic acids is 2. The number of likely N-dealkylation sites (tertiary alicyclic amines) is 1. The van der Waals surface area contributed by atoms with Gasteiger partial charge in [0, 0.05) is 64.5 Å². The summed E-state index contributed by atoms with van der Waals surface area (Å²) < 4.78 is 0. The number of imidazole rings is 2. The number of nitrogens with two attached hydrogens (primary N) is 1.